The summed E-state index contributed by atoms with van der Waals surface area (Å²) < 4.78 is 11.0. The molecule has 0 radical (unpaired) electrons. The standard InChI is InChI=1S/C9H19NO2S2/c1-4-14(12)6-5-10-9(11)8(13)7(2)3/h7-8,13H,4-6H2,1-3H3,(H,10,11). The van der Waals surface area contributed by atoms with Gasteiger partial charge in [-0.25, -0.2) is 0 Å². The third-order valence-electron chi connectivity index (χ3n) is 1.85. The molecule has 2 atom stereocenters. The van der Waals surface area contributed by atoms with E-state index in [-0.39, 0.29) is 17.1 Å². The first kappa shape index (κ1) is 14.0. The van der Waals surface area contributed by atoms with Crippen LogP contribution in [0.15, 0.2) is 0 Å². The Hall–Kier alpha value is -0.0300. The number of rotatable bonds is 6. The van der Waals surface area contributed by atoms with E-state index in [1.807, 2.05) is 20.8 Å². The molecular weight excluding hydrogens is 218 g/mol. The van der Waals surface area contributed by atoms with Crippen LogP contribution in [0.2, 0.25) is 0 Å². The summed E-state index contributed by atoms with van der Waals surface area (Å²) in [5.74, 6) is 1.32. The number of hydrogen-bond acceptors (Lipinski definition) is 3. The molecule has 1 N–H and O–H groups in total. The van der Waals surface area contributed by atoms with Crippen LogP contribution in [-0.4, -0.2) is 33.4 Å². The van der Waals surface area contributed by atoms with Gasteiger partial charge in [0.1, 0.15) is 0 Å². The van der Waals surface area contributed by atoms with Crippen molar-refractivity contribution in [2.24, 2.45) is 5.92 Å². The van der Waals surface area contributed by atoms with Gasteiger partial charge in [-0.15, -0.1) is 0 Å². The summed E-state index contributed by atoms with van der Waals surface area (Å²) in [5.41, 5.74) is 0. The summed E-state index contributed by atoms with van der Waals surface area (Å²) in [5, 5.41) is 2.45. The molecule has 0 heterocycles. The van der Waals surface area contributed by atoms with Gasteiger partial charge in [0.05, 0.1) is 5.25 Å². The van der Waals surface area contributed by atoms with Crippen molar-refractivity contribution < 1.29 is 9.00 Å². The number of carbonyl (C=O) groups is 1. The quantitative estimate of drug-likeness (QED) is 0.672. The van der Waals surface area contributed by atoms with Gasteiger partial charge in [0, 0.05) is 28.9 Å². The van der Waals surface area contributed by atoms with Gasteiger partial charge in [-0.1, -0.05) is 20.8 Å². The molecule has 1 amide bonds. The highest BCUT2D eigenvalue weighted by Gasteiger charge is 2.16. The highest BCUT2D eigenvalue weighted by molar-refractivity contribution is 7.84. The first-order valence-electron chi connectivity index (χ1n) is 4.79. The van der Waals surface area contributed by atoms with Crippen LogP contribution >= 0.6 is 12.6 Å². The van der Waals surface area contributed by atoms with Gasteiger partial charge in [0.15, 0.2) is 0 Å². The third kappa shape index (κ3) is 5.65. The molecule has 0 aliphatic carbocycles. The van der Waals surface area contributed by atoms with Crippen molar-refractivity contribution in [3.63, 3.8) is 0 Å². The van der Waals surface area contributed by atoms with Crippen LogP contribution in [0.25, 0.3) is 0 Å². The molecule has 0 saturated carbocycles. The van der Waals surface area contributed by atoms with Crippen LogP contribution in [0.5, 0.6) is 0 Å². The molecule has 0 bridgehead atoms. The van der Waals surface area contributed by atoms with Crippen LogP contribution in [0.3, 0.4) is 0 Å². The molecular formula is C9H19NO2S2. The van der Waals surface area contributed by atoms with Crippen molar-refractivity contribution in [1.29, 1.82) is 0 Å². The lowest BCUT2D eigenvalue weighted by Crippen LogP contribution is -2.36. The van der Waals surface area contributed by atoms with Crippen LogP contribution in [0.4, 0.5) is 0 Å². The minimum Gasteiger partial charge on any atom is -0.354 e. The lowest BCUT2D eigenvalue weighted by atomic mass is 10.1. The highest BCUT2D eigenvalue weighted by atomic mass is 32.2. The van der Waals surface area contributed by atoms with Crippen LogP contribution in [0.1, 0.15) is 20.8 Å². The molecule has 0 saturated heterocycles. The predicted octanol–water partition coefficient (Wildman–Crippen LogP) is 0.826. The fourth-order valence-electron chi connectivity index (χ4n) is 0.840. The molecule has 2 unspecified atom stereocenters. The Bertz CT molecular complexity index is 207. The maximum atomic E-state index is 11.4. The average molecular weight is 237 g/mol. The summed E-state index contributed by atoms with van der Waals surface area (Å²) in [6, 6.07) is 0. The van der Waals surface area contributed by atoms with E-state index < -0.39 is 10.8 Å². The maximum absolute atomic E-state index is 11.4. The molecule has 0 fully saturated rings. The van der Waals surface area contributed by atoms with Gasteiger partial charge in [0.2, 0.25) is 5.91 Å². The van der Waals surface area contributed by atoms with Crippen LogP contribution in [0, 0.1) is 5.92 Å². The molecule has 0 spiro atoms. The van der Waals surface area contributed by atoms with Crippen molar-refractivity contribution >= 4 is 29.3 Å². The lowest BCUT2D eigenvalue weighted by molar-refractivity contribution is -0.121. The fraction of sp³-hybridized carbons (Fsp3) is 0.889. The summed E-state index contributed by atoms with van der Waals surface area (Å²) in [6.07, 6.45) is 0. The first-order chi connectivity index (χ1) is 6.49. The normalized spacial score (nSPS) is 15.2. The minimum atomic E-state index is -0.807. The van der Waals surface area contributed by atoms with E-state index in [4.69, 9.17) is 0 Å². The van der Waals surface area contributed by atoms with E-state index in [1.54, 1.807) is 0 Å². The molecule has 0 aromatic heterocycles. The summed E-state index contributed by atoms with van der Waals surface area (Å²) in [6.45, 7) is 6.24. The number of thiol groups is 1. The lowest BCUT2D eigenvalue weighted by Gasteiger charge is -2.14. The topological polar surface area (TPSA) is 46.2 Å². The van der Waals surface area contributed by atoms with E-state index in [9.17, 15) is 9.00 Å². The van der Waals surface area contributed by atoms with Crippen LogP contribution in [-0.2, 0) is 15.6 Å². The molecule has 0 rings (SSSR count). The summed E-state index contributed by atoms with van der Waals surface area (Å²) in [7, 11) is -0.807. The molecule has 14 heavy (non-hydrogen) atoms. The second kappa shape index (κ2) is 7.29. The van der Waals surface area contributed by atoms with Crippen molar-refractivity contribution in [2.75, 3.05) is 18.1 Å². The molecule has 84 valence electrons. The molecule has 0 aromatic rings. The summed E-state index contributed by atoms with van der Waals surface area (Å²) in [4.78, 5) is 11.4. The van der Waals surface area contributed by atoms with Crippen molar-refractivity contribution in [3.8, 4) is 0 Å². The smallest absolute Gasteiger partial charge is 0.233 e. The molecule has 3 nitrogen and oxygen atoms in total. The Morgan fingerprint density at radius 1 is 1.50 bits per heavy atom. The molecule has 0 aromatic carbocycles. The van der Waals surface area contributed by atoms with E-state index in [0.717, 1.165) is 0 Å². The third-order valence-corrected chi connectivity index (χ3v) is 3.99. The number of hydrogen-bond donors (Lipinski definition) is 2. The highest BCUT2D eigenvalue weighted by Crippen LogP contribution is 2.07. The largest absolute Gasteiger partial charge is 0.354 e. The fourth-order valence-corrected chi connectivity index (χ4v) is 1.55. The number of nitrogens with one attached hydrogen (secondary N) is 1. The van der Waals surface area contributed by atoms with E-state index in [0.29, 0.717) is 18.1 Å². The Kier molecular flexibility index (Phi) is 7.27. The second-order valence-electron chi connectivity index (χ2n) is 3.41. The monoisotopic (exact) mass is 237 g/mol. The van der Waals surface area contributed by atoms with E-state index >= 15 is 0 Å². The Morgan fingerprint density at radius 3 is 2.50 bits per heavy atom. The Balaban J connectivity index is 3.69. The van der Waals surface area contributed by atoms with Gasteiger partial charge >= 0.3 is 0 Å². The van der Waals surface area contributed by atoms with Crippen molar-refractivity contribution in [2.45, 2.75) is 26.0 Å². The van der Waals surface area contributed by atoms with Gasteiger partial charge in [-0.2, -0.15) is 12.6 Å². The zero-order valence-corrected chi connectivity index (χ0v) is 10.7. The number of amides is 1. The number of carbonyl (C=O) groups excluding carboxylic acids is 1. The SMILES string of the molecule is CCS(=O)CCNC(=O)C(S)C(C)C. The molecule has 0 aliphatic rings. The first-order valence-corrected chi connectivity index (χ1v) is 6.80. The van der Waals surface area contributed by atoms with Crippen molar-refractivity contribution in [1.82, 2.24) is 5.32 Å². The predicted molar refractivity (Wildman–Crippen MR) is 64.2 cm³/mol. The van der Waals surface area contributed by atoms with Gasteiger partial charge in [-0.3, -0.25) is 9.00 Å². The van der Waals surface area contributed by atoms with Gasteiger partial charge in [-0.05, 0) is 5.92 Å². The van der Waals surface area contributed by atoms with Crippen LogP contribution < -0.4 is 5.32 Å². The minimum absolute atomic E-state index is 0.0727. The van der Waals surface area contributed by atoms with Gasteiger partial charge in [0.25, 0.3) is 0 Å². The Labute approximate surface area is 93.9 Å². The molecule has 0 aliphatic heterocycles. The van der Waals surface area contributed by atoms with E-state index in [1.165, 1.54) is 0 Å². The van der Waals surface area contributed by atoms with Crippen molar-refractivity contribution in [3.05, 3.63) is 0 Å². The van der Waals surface area contributed by atoms with E-state index in [2.05, 4.69) is 17.9 Å². The summed E-state index contributed by atoms with van der Waals surface area (Å²) >= 11 is 4.18. The Morgan fingerprint density at radius 2 is 2.07 bits per heavy atom. The second-order valence-corrected chi connectivity index (χ2v) is 5.83. The zero-order chi connectivity index (χ0) is 11.1. The molecule has 5 heteroatoms. The zero-order valence-electron chi connectivity index (χ0n) is 8.95. The maximum Gasteiger partial charge on any atom is 0.233 e. The van der Waals surface area contributed by atoms with Gasteiger partial charge < -0.3 is 5.32 Å². The average Bonchev–Trinajstić information content (AvgIpc) is 2.15.